The van der Waals surface area contributed by atoms with Crippen molar-refractivity contribution < 1.29 is 0 Å². The summed E-state index contributed by atoms with van der Waals surface area (Å²) in [5.41, 5.74) is 5.89. The van der Waals surface area contributed by atoms with Crippen molar-refractivity contribution in [2.45, 2.75) is 19.3 Å². The molecule has 2 unspecified atom stereocenters. The third-order valence-corrected chi connectivity index (χ3v) is 4.96. The maximum absolute atomic E-state index is 5.89. The molecule has 1 aliphatic carbocycles. The highest BCUT2D eigenvalue weighted by Crippen LogP contribution is 2.31. The number of hydrogen-bond donors (Lipinski definition) is 1. The number of hydrogen-bond acceptors (Lipinski definition) is 4. The minimum Gasteiger partial charge on any atom is -0.354 e. The van der Waals surface area contributed by atoms with Gasteiger partial charge in [-0.25, -0.2) is 4.98 Å². The molecule has 110 valence electrons. The Hall–Kier alpha value is -1.13. The van der Waals surface area contributed by atoms with Gasteiger partial charge in [-0.3, -0.25) is 4.90 Å². The average molecular weight is 274 g/mol. The Morgan fingerprint density at radius 3 is 2.60 bits per heavy atom. The zero-order chi connectivity index (χ0) is 13.8. The van der Waals surface area contributed by atoms with Crippen LogP contribution < -0.4 is 10.6 Å². The highest BCUT2D eigenvalue weighted by atomic mass is 15.3. The molecule has 20 heavy (non-hydrogen) atoms. The summed E-state index contributed by atoms with van der Waals surface area (Å²) in [6.07, 6.45) is 5.98. The first-order chi connectivity index (χ1) is 9.86. The Balaban J connectivity index is 1.49. The molecule has 2 fully saturated rings. The SMILES string of the molecule is NCC1CCCC1CN1CCN(c2ccccn2)CC1. The number of piperazine rings is 1. The van der Waals surface area contributed by atoms with E-state index in [1.165, 1.54) is 25.8 Å². The number of anilines is 1. The molecule has 2 atom stereocenters. The smallest absolute Gasteiger partial charge is 0.128 e. The van der Waals surface area contributed by atoms with Gasteiger partial charge >= 0.3 is 0 Å². The zero-order valence-electron chi connectivity index (χ0n) is 12.2. The zero-order valence-corrected chi connectivity index (χ0v) is 12.2. The molecule has 4 nitrogen and oxygen atoms in total. The van der Waals surface area contributed by atoms with Crippen molar-refractivity contribution in [3.8, 4) is 0 Å². The van der Waals surface area contributed by atoms with Gasteiger partial charge in [0.05, 0.1) is 0 Å². The van der Waals surface area contributed by atoms with Crippen molar-refractivity contribution in [3.63, 3.8) is 0 Å². The van der Waals surface area contributed by atoms with E-state index in [1.54, 1.807) is 0 Å². The van der Waals surface area contributed by atoms with Crippen molar-refractivity contribution in [1.82, 2.24) is 9.88 Å². The summed E-state index contributed by atoms with van der Waals surface area (Å²) in [6, 6.07) is 6.16. The number of rotatable bonds is 4. The van der Waals surface area contributed by atoms with Crippen LogP contribution in [0.4, 0.5) is 5.82 Å². The van der Waals surface area contributed by atoms with Crippen LogP contribution in [-0.2, 0) is 0 Å². The van der Waals surface area contributed by atoms with Crippen LogP contribution in [0.15, 0.2) is 24.4 Å². The van der Waals surface area contributed by atoms with Crippen molar-refractivity contribution in [2.24, 2.45) is 17.6 Å². The Bertz CT molecular complexity index is 400. The standard InChI is InChI=1S/C16H26N4/c17-12-14-4-3-5-15(14)13-19-8-10-20(11-9-19)16-6-1-2-7-18-16/h1-2,6-7,14-15H,3-5,8-13,17H2. The first-order valence-corrected chi connectivity index (χ1v) is 7.95. The molecular weight excluding hydrogens is 248 g/mol. The van der Waals surface area contributed by atoms with E-state index in [2.05, 4.69) is 26.9 Å². The minimum atomic E-state index is 0.767. The summed E-state index contributed by atoms with van der Waals surface area (Å²) in [5, 5.41) is 0. The predicted octanol–water partition coefficient (Wildman–Crippen LogP) is 1.58. The lowest BCUT2D eigenvalue weighted by atomic mass is 9.95. The highest BCUT2D eigenvalue weighted by molar-refractivity contribution is 5.38. The van der Waals surface area contributed by atoms with Crippen LogP contribution in [0, 0.1) is 11.8 Å². The molecule has 1 saturated heterocycles. The van der Waals surface area contributed by atoms with Gasteiger partial charge in [-0.05, 0) is 43.4 Å². The third-order valence-electron chi connectivity index (χ3n) is 4.96. The summed E-state index contributed by atoms with van der Waals surface area (Å²) in [5.74, 6) is 2.72. The third kappa shape index (κ3) is 3.13. The van der Waals surface area contributed by atoms with E-state index < -0.39 is 0 Å². The molecule has 4 heteroatoms. The summed E-state index contributed by atoms with van der Waals surface area (Å²) < 4.78 is 0. The number of nitrogens with zero attached hydrogens (tertiary/aromatic N) is 3. The van der Waals surface area contributed by atoms with Gasteiger partial charge in [0, 0.05) is 38.9 Å². The molecule has 2 heterocycles. The van der Waals surface area contributed by atoms with Crippen LogP contribution in [0.25, 0.3) is 0 Å². The maximum atomic E-state index is 5.89. The number of pyridine rings is 1. The normalized spacial score (nSPS) is 27.9. The van der Waals surface area contributed by atoms with Gasteiger partial charge in [0.1, 0.15) is 5.82 Å². The van der Waals surface area contributed by atoms with E-state index in [0.717, 1.165) is 50.4 Å². The van der Waals surface area contributed by atoms with Gasteiger partial charge in [0.15, 0.2) is 0 Å². The van der Waals surface area contributed by atoms with Crippen LogP contribution in [-0.4, -0.2) is 49.2 Å². The Labute approximate surface area is 122 Å². The second-order valence-corrected chi connectivity index (χ2v) is 6.16. The van der Waals surface area contributed by atoms with Gasteiger partial charge < -0.3 is 10.6 Å². The Morgan fingerprint density at radius 2 is 1.90 bits per heavy atom. The lowest BCUT2D eigenvalue weighted by Gasteiger charge is -2.37. The van der Waals surface area contributed by atoms with Crippen LogP contribution in [0.1, 0.15) is 19.3 Å². The fraction of sp³-hybridized carbons (Fsp3) is 0.688. The molecular formula is C16H26N4. The monoisotopic (exact) mass is 274 g/mol. The lowest BCUT2D eigenvalue weighted by Crippen LogP contribution is -2.48. The fourth-order valence-electron chi connectivity index (χ4n) is 3.70. The molecule has 2 aliphatic rings. The van der Waals surface area contributed by atoms with E-state index in [-0.39, 0.29) is 0 Å². The van der Waals surface area contributed by atoms with Gasteiger partial charge in [0.25, 0.3) is 0 Å². The second-order valence-electron chi connectivity index (χ2n) is 6.16. The first kappa shape index (κ1) is 13.8. The molecule has 0 bridgehead atoms. The van der Waals surface area contributed by atoms with Crippen LogP contribution in [0.3, 0.4) is 0 Å². The van der Waals surface area contributed by atoms with Gasteiger partial charge in [-0.2, -0.15) is 0 Å². The second kappa shape index (κ2) is 6.55. The van der Waals surface area contributed by atoms with Gasteiger partial charge in [0.2, 0.25) is 0 Å². The molecule has 1 aliphatic heterocycles. The molecule has 1 saturated carbocycles. The van der Waals surface area contributed by atoms with Crippen molar-refractivity contribution in [2.75, 3.05) is 44.2 Å². The first-order valence-electron chi connectivity index (χ1n) is 7.95. The quantitative estimate of drug-likeness (QED) is 0.905. The van der Waals surface area contributed by atoms with Crippen molar-refractivity contribution in [1.29, 1.82) is 0 Å². The van der Waals surface area contributed by atoms with E-state index in [1.807, 2.05) is 12.3 Å². The van der Waals surface area contributed by atoms with E-state index in [9.17, 15) is 0 Å². The highest BCUT2D eigenvalue weighted by Gasteiger charge is 2.29. The summed E-state index contributed by atoms with van der Waals surface area (Å²) in [4.78, 5) is 9.46. The topological polar surface area (TPSA) is 45.4 Å². The summed E-state index contributed by atoms with van der Waals surface area (Å²) in [7, 11) is 0. The molecule has 2 N–H and O–H groups in total. The lowest BCUT2D eigenvalue weighted by molar-refractivity contribution is 0.197. The van der Waals surface area contributed by atoms with Crippen molar-refractivity contribution in [3.05, 3.63) is 24.4 Å². The molecule has 3 rings (SSSR count). The largest absolute Gasteiger partial charge is 0.354 e. The van der Waals surface area contributed by atoms with E-state index in [0.29, 0.717) is 0 Å². The van der Waals surface area contributed by atoms with Gasteiger partial charge in [-0.1, -0.05) is 12.5 Å². The van der Waals surface area contributed by atoms with Crippen LogP contribution in [0.5, 0.6) is 0 Å². The minimum absolute atomic E-state index is 0.767. The molecule has 0 aromatic carbocycles. The van der Waals surface area contributed by atoms with E-state index in [4.69, 9.17) is 5.73 Å². The molecule has 0 radical (unpaired) electrons. The van der Waals surface area contributed by atoms with Crippen LogP contribution in [0.2, 0.25) is 0 Å². The maximum Gasteiger partial charge on any atom is 0.128 e. The Kier molecular flexibility index (Phi) is 4.53. The van der Waals surface area contributed by atoms with Crippen molar-refractivity contribution >= 4 is 5.82 Å². The molecule has 0 spiro atoms. The Morgan fingerprint density at radius 1 is 1.10 bits per heavy atom. The molecule has 1 aromatic heterocycles. The predicted molar refractivity (Wildman–Crippen MR) is 82.8 cm³/mol. The summed E-state index contributed by atoms with van der Waals surface area (Å²) >= 11 is 0. The molecule has 0 amide bonds. The number of nitrogens with two attached hydrogens (primary N) is 1. The summed E-state index contributed by atoms with van der Waals surface area (Å²) in [6.45, 7) is 6.62. The fourth-order valence-corrected chi connectivity index (χ4v) is 3.70. The number of aromatic nitrogens is 1. The van der Waals surface area contributed by atoms with E-state index >= 15 is 0 Å². The average Bonchev–Trinajstić information content (AvgIpc) is 2.96. The van der Waals surface area contributed by atoms with Gasteiger partial charge in [-0.15, -0.1) is 0 Å². The molecule has 1 aromatic rings. The van der Waals surface area contributed by atoms with Crippen LogP contribution >= 0.6 is 0 Å².